The number of nitrogens with zero attached hydrogens (tertiary/aromatic N) is 2. The molecule has 5 nitrogen and oxygen atoms in total. The molecule has 122 valence electrons. The molecule has 3 rings (SSSR count). The minimum atomic E-state index is -0.588. The second-order valence-corrected chi connectivity index (χ2v) is 6.83. The average molecular weight is 338 g/mol. The molecule has 0 fully saturated rings. The summed E-state index contributed by atoms with van der Waals surface area (Å²) >= 11 is 1.65. The van der Waals surface area contributed by atoms with Gasteiger partial charge in [-0.05, 0) is 44.2 Å². The number of nitrogens with one attached hydrogen (secondary N) is 1. The van der Waals surface area contributed by atoms with Crippen LogP contribution in [0.15, 0.2) is 58.3 Å². The van der Waals surface area contributed by atoms with Crippen molar-refractivity contribution in [2.75, 3.05) is 5.32 Å². The molecule has 1 aromatic heterocycles. The lowest BCUT2D eigenvalue weighted by molar-refractivity contribution is 0.0995. The van der Waals surface area contributed by atoms with E-state index in [0.29, 0.717) is 5.69 Å². The zero-order valence-corrected chi connectivity index (χ0v) is 14.3. The molecule has 0 aliphatic rings. The summed E-state index contributed by atoms with van der Waals surface area (Å²) in [6.07, 6.45) is 0. The smallest absolute Gasteiger partial charge is 0.271 e. The number of fused-ring (bicyclic) bond motifs is 1. The molecule has 24 heavy (non-hydrogen) atoms. The van der Waals surface area contributed by atoms with Gasteiger partial charge in [0.25, 0.3) is 5.91 Å². The highest BCUT2D eigenvalue weighted by Gasteiger charge is 2.16. The summed E-state index contributed by atoms with van der Waals surface area (Å²) in [6.45, 7) is 3.99. The number of benzene rings is 2. The predicted molar refractivity (Wildman–Crippen MR) is 97.4 cm³/mol. The Bertz CT molecular complexity index is 881. The highest BCUT2D eigenvalue weighted by atomic mass is 32.2. The van der Waals surface area contributed by atoms with Crippen molar-refractivity contribution in [1.82, 2.24) is 10.2 Å². The molecular weight excluding hydrogens is 320 g/mol. The Labute approximate surface area is 144 Å². The minimum Gasteiger partial charge on any atom is -0.380 e. The van der Waals surface area contributed by atoms with Crippen molar-refractivity contribution < 1.29 is 4.79 Å². The van der Waals surface area contributed by atoms with E-state index in [1.807, 2.05) is 50.2 Å². The molecular formula is C18H18N4OS. The molecule has 0 radical (unpaired) electrons. The second-order valence-electron chi connectivity index (χ2n) is 5.68. The third-order valence-electron chi connectivity index (χ3n) is 3.38. The van der Waals surface area contributed by atoms with E-state index >= 15 is 0 Å². The number of aromatic nitrogens is 2. The summed E-state index contributed by atoms with van der Waals surface area (Å²) in [6, 6.07) is 16.2. The van der Waals surface area contributed by atoms with Gasteiger partial charge in [-0.25, -0.2) is 0 Å². The zero-order valence-electron chi connectivity index (χ0n) is 13.5. The molecule has 0 bridgehead atoms. The third kappa shape index (κ3) is 3.49. The van der Waals surface area contributed by atoms with Gasteiger partial charge < -0.3 is 11.1 Å². The normalized spacial score (nSPS) is 11.0. The Balaban J connectivity index is 2.04. The van der Waals surface area contributed by atoms with E-state index in [-0.39, 0.29) is 11.7 Å². The van der Waals surface area contributed by atoms with E-state index in [1.54, 1.807) is 11.8 Å². The lowest BCUT2D eigenvalue weighted by Gasteiger charge is -2.15. The molecule has 1 heterocycles. The summed E-state index contributed by atoms with van der Waals surface area (Å²) < 4.78 is 0. The van der Waals surface area contributed by atoms with E-state index in [0.717, 1.165) is 20.7 Å². The average Bonchev–Trinajstić information content (AvgIpc) is 2.55. The Morgan fingerprint density at radius 3 is 2.50 bits per heavy atom. The lowest BCUT2D eigenvalue weighted by Crippen LogP contribution is -2.20. The Morgan fingerprint density at radius 1 is 1.08 bits per heavy atom. The van der Waals surface area contributed by atoms with Crippen LogP contribution in [-0.2, 0) is 0 Å². The van der Waals surface area contributed by atoms with Crippen molar-refractivity contribution in [3.05, 3.63) is 54.2 Å². The monoisotopic (exact) mass is 338 g/mol. The van der Waals surface area contributed by atoms with Gasteiger partial charge in [-0.2, -0.15) is 0 Å². The molecule has 0 aliphatic carbocycles. The fourth-order valence-corrected chi connectivity index (χ4v) is 3.25. The third-order valence-corrected chi connectivity index (χ3v) is 4.38. The quantitative estimate of drug-likeness (QED) is 0.741. The zero-order chi connectivity index (χ0) is 17.1. The van der Waals surface area contributed by atoms with Crippen LogP contribution in [-0.4, -0.2) is 22.1 Å². The maximum atomic E-state index is 11.6. The van der Waals surface area contributed by atoms with Gasteiger partial charge in [0.15, 0.2) is 5.69 Å². The Hall–Kier alpha value is -2.60. The molecule has 0 unspecified atom stereocenters. The maximum Gasteiger partial charge on any atom is 0.271 e. The van der Waals surface area contributed by atoms with Crippen LogP contribution >= 0.6 is 11.8 Å². The summed E-state index contributed by atoms with van der Waals surface area (Å²) in [5, 5.41) is 12.3. The van der Waals surface area contributed by atoms with E-state index in [2.05, 4.69) is 27.6 Å². The van der Waals surface area contributed by atoms with Crippen molar-refractivity contribution in [2.24, 2.45) is 5.73 Å². The molecule has 1 amide bonds. The fraction of sp³-hybridized carbons (Fsp3) is 0.167. The van der Waals surface area contributed by atoms with Crippen LogP contribution in [0, 0.1) is 0 Å². The molecule has 0 saturated heterocycles. The number of rotatable bonds is 5. The Kier molecular flexibility index (Phi) is 4.66. The van der Waals surface area contributed by atoms with Crippen LogP contribution in [0.2, 0.25) is 0 Å². The predicted octanol–water partition coefficient (Wildman–Crippen LogP) is 3.70. The first-order valence-corrected chi connectivity index (χ1v) is 8.46. The van der Waals surface area contributed by atoms with Gasteiger partial charge in [0, 0.05) is 21.2 Å². The molecule has 0 aliphatic heterocycles. The van der Waals surface area contributed by atoms with Gasteiger partial charge in [0.2, 0.25) is 0 Å². The van der Waals surface area contributed by atoms with Gasteiger partial charge in [-0.1, -0.05) is 30.0 Å². The molecule has 3 N–H and O–H groups in total. The number of hydrogen-bond acceptors (Lipinski definition) is 5. The van der Waals surface area contributed by atoms with Crippen molar-refractivity contribution in [3.63, 3.8) is 0 Å². The van der Waals surface area contributed by atoms with Crippen molar-refractivity contribution >= 4 is 34.3 Å². The van der Waals surface area contributed by atoms with Crippen LogP contribution in [0.3, 0.4) is 0 Å². The van der Waals surface area contributed by atoms with Gasteiger partial charge in [-0.15, -0.1) is 10.2 Å². The topological polar surface area (TPSA) is 80.9 Å². The van der Waals surface area contributed by atoms with Gasteiger partial charge in [-0.3, -0.25) is 4.79 Å². The second kappa shape index (κ2) is 6.88. The first-order chi connectivity index (χ1) is 11.5. The number of amides is 1. The van der Waals surface area contributed by atoms with Crippen LogP contribution in [0.5, 0.6) is 0 Å². The summed E-state index contributed by atoms with van der Waals surface area (Å²) in [5.41, 5.74) is 6.96. The van der Waals surface area contributed by atoms with E-state index in [1.165, 1.54) is 0 Å². The standard InChI is InChI=1S/C18H18N4OS/c1-11(2)20-16-14-9-8-13(24-12-6-4-3-5-7-12)10-15(14)21-22-17(16)18(19)23/h3-11H,1-2H3,(H2,19,23)(H,20,21). The van der Waals surface area contributed by atoms with Crippen LogP contribution < -0.4 is 11.1 Å². The Morgan fingerprint density at radius 2 is 1.83 bits per heavy atom. The number of carbonyl (C=O) groups is 1. The maximum absolute atomic E-state index is 11.6. The molecule has 0 saturated carbocycles. The largest absolute Gasteiger partial charge is 0.380 e. The van der Waals surface area contributed by atoms with Gasteiger partial charge in [0.05, 0.1) is 11.2 Å². The van der Waals surface area contributed by atoms with Crippen molar-refractivity contribution in [1.29, 1.82) is 0 Å². The van der Waals surface area contributed by atoms with Gasteiger partial charge >= 0.3 is 0 Å². The number of nitrogens with two attached hydrogens (primary N) is 1. The van der Waals surface area contributed by atoms with E-state index < -0.39 is 5.91 Å². The fourth-order valence-electron chi connectivity index (χ4n) is 2.38. The summed E-state index contributed by atoms with van der Waals surface area (Å²) in [5.74, 6) is -0.588. The number of carbonyl (C=O) groups excluding carboxylic acids is 1. The number of hydrogen-bond donors (Lipinski definition) is 2. The number of primary amides is 1. The first kappa shape index (κ1) is 16.3. The minimum absolute atomic E-state index is 0.147. The highest BCUT2D eigenvalue weighted by molar-refractivity contribution is 7.99. The molecule has 0 atom stereocenters. The van der Waals surface area contributed by atoms with Crippen molar-refractivity contribution in [3.8, 4) is 0 Å². The van der Waals surface area contributed by atoms with Crippen LogP contribution in [0.25, 0.3) is 10.9 Å². The molecule has 0 spiro atoms. The van der Waals surface area contributed by atoms with E-state index in [4.69, 9.17) is 5.73 Å². The van der Waals surface area contributed by atoms with Gasteiger partial charge in [0.1, 0.15) is 0 Å². The first-order valence-electron chi connectivity index (χ1n) is 7.64. The molecule has 3 aromatic rings. The van der Waals surface area contributed by atoms with Crippen molar-refractivity contribution in [2.45, 2.75) is 29.7 Å². The molecule has 2 aromatic carbocycles. The summed E-state index contributed by atoms with van der Waals surface area (Å²) in [7, 11) is 0. The van der Waals surface area contributed by atoms with Crippen LogP contribution in [0.4, 0.5) is 5.69 Å². The lowest BCUT2D eigenvalue weighted by atomic mass is 10.1. The highest BCUT2D eigenvalue weighted by Crippen LogP contribution is 2.32. The molecule has 6 heteroatoms. The SMILES string of the molecule is CC(C)Nc1c(C(N)=O)nnc2cc(Sc3ccccc3)ccc12. The van der Waals surface area contributed by atoms with E-state index in [9.17, 15) is 4.79 Å². The summed E-state index contributed by atoms with van der Waals surface area (Å²) in [4.78, 5) is 13.8. The number of anilines is 1. The van der Waals surface area contributed by atoms with Crippen LogP contribution in [0.1, 0.15) is 24.3 Å².